The van der Waals surface area contributed by atoms with E-state index < -0.39 is 0 Å². The molecule has 0 fully saturated rings. The molecule has 0 bridgehead atoms. The van der Waals surface area contributed by atoms with E-state index in [9.17, 15) is 0 Å². The summed E-state index contributed by atoms with van der Waals surface area (Å²) in [6.07, 6.45) is 0. The molecular weight excluding hydrogens is 250 g/mol. The van der Waals surface area contributed by atoms with Gasteiger partial charge in [-0.2, -0.15) is 4.98 Å². The van der Waals surface area contributed by atoms with Crippen LogP contribution in [0.15, 0.2) is 16.0 Å². The lowest BCUT2D eigenvalue weighted by molar-refractivity contribution is 0.303. The van der Waals surface area contributed by atoms with Gasteiger partial charge in [0, 0.05) is 0 Å². The Hall–Kier alpha value is -1.40. The summed E-state index contributed by atoms with van der Waals surface area (Å²) in [6, 6.07) is 1.61. The third-order valence-corrected chi connectivity index (χ3v) is 3.58. The highest BCUT2D eigenvalue weighted by atomic mass is 32.1. The van der Waals surface area contributed by atoms with Gasteiger partial charge >= 0.3 is 0 Å². The van der Waals surface area contributed by atoms with Crippen molar-refractivity contribution in [3.8, 4) is 16.5 Å². The standard InChI is InChI=1S/C12H17N3O2S/c1-12(2,3)9(13)10-14-11(17-15-10)8-7(16-4)5-6-18-8/h5-6,9H,13H2,1-4H3. The molecule has 0 saturated heterocycles. The predicted octanol–water partition coefficient (Wildman–Crippen LogP) is 2.85. The Kier molecular flexibility index (Phi) is 3.41. The van der Waals surface area contributed by atoms with E-state index >= 15 is 0 Å². The van der Waals surface area contributed by atoms with Gasteiger partial charge in [-0.05, 0) is 16.9 Å². The van der Waals surface area contributed by atoms with Crippen molar-refractivity contribution in [2.75, 3.05) is 7.11 Å². The predicted molar refractivity (Wildman–Crippen MR) is 70.5 cm³/mol. The Balaban J connectivity index is 2.31. The molecule has 0 radical (unpaired) electrons. The average Bonchev–Trinajstić information content (AvgIpc) is 2.94. The van der Waals surface area contributed by atoms with Crippen molar-refractivity contribution in [3.63, 3.8) is 0 Å². The second-order valence-corrected chi connectivity index (χ2v) is 6.04. The first kappa shape index (κ1) is 13.0. The Morgan fingerprint density at radius 1 is 1.44 bits per heavy atom. The van der Waals surface area contributed by atoms with Gasteiger partial charge in [-0.25, -0.2) is 0 Å². The Labute approximate surface area is 110 Å². The van der Waals surface area contributed by atoms with Crippen molar-refractivity contribution in [2.45, 2.75) is 26.8 Å². The molecule has 0 aliphatic heterocycles. The Morgan fingerprint density at radius 2 is 2.17 bits per heavy atom. The summed E-state index contributed by atoms with van der Waals surface area (Å²) in [4.78, 5) is 5.19. The van der Waals surface area contributed by atoms with Crippen LogP contribution >= 0.6 is 11.3 Å². The van der Waals surface area contributed by atoms with E-state index in [0.29, 0.717) is 11.7 Å². The van der Waals surface area contributed by atoms with Gasteiger partial charge in [-0.3, -0.25) is 0 Å². The van der Waals surface area contributed by atoms with Crippen molar-refractivity contribution >= 4 is 11.3 Å². The van der Waals surface area contributed by atoms with Crippen LogP contribution in [0.1, 0.15) is 32.6 Å². The van der Waals surface area contributed by atoms with Crippen molar-refractivity contribution < 1.29 is 9.26 Å². The maximum atomic E-state index is 6.10. The minimum atomic E-state index is -0.263. The summed E-state index contributed by atoms with van der Waals surface area (Å²) in [5.74, 6) is 1.71. The smallest absolute Gasteiger partial charge is 0.271 e. The zero-order valence-corrected chi connectivity index (χ0v) is 11.7. The summed E-state index contributed by atoms with van der Waals surface area (Å²) in [7, 11) is 1.61. The first-order valence-electron chi connectivity index (χ1n) is 5.64. The molecule has 0 spiro atoms. The average molecular weight is 267 g/mol. The van der Waals surface area contributed by atoms with E-state index in [4.69, 9.17) is 15.0 Å². The Morgan fingerprint density at radius 3 is 2.78 bits per heavy atom. The molecule has 2 aromatic heterocycles. The fourth-order valence-electron chi connectivity index (χ4n) is 1.45. The summed E-state index contributed by atoms with van der Waals surface area (Å²) in [5.41, 5.74) is 5.99. The number of hydrogen-bond acceptors (Lipinski definition) is 6. The molecule has 2 N–H and O–H groups in total. The lowest BCUT2D eigenvalue weighted by Crippen LogP contribution is -2.27. The van der Waals surface area contributed by atoms with Crippen molar-refractivity contribution in [1.82, 2.24) is 10.1 Å². The molecule has 0 aliphatic rings. The second-order valence-electron chi connectivity index (χ2n) is 5.12. The first-order valence-corrected chi connectivity index (χ1v) is 6.52. The minimum absolute atomic E-state index is 0.110. The van der Waals surface area contributed by atoms with E-state index in [0.717, 1.165) is 10.6 Å². The molecule has 2 aromatic rings. The molecule has 1 unspecified atom stereocenters. The lowest BCUT2D eigenvalue weighted by Gasteiger charge is -2.23. The van der Waals surface area contributed by atoms with Gasteiger partial charge in [0.05, 0.1) is 13.2 Å². The van der Waals surface area contributed by atoms with E-state index in [1.807, 2.05) is 32.2 Å². The van der Waals surface area contributed by atoms with Crippen molar-refractivity contribution in [1.29, 1.82) is 0 Å². The fourth-order valence-corrected chi connectivity index (χ4v) is 2.23. The summed E-state index contributed by atoms with van der Waals surface area (Å²) >= 11 is 1.50. The van der Waals surface area contributed by atoms with Crippen LogP contribution in [0.4, 0.5) is 0 Å². The number of rotatable bonds is 3. The minimum Gasteiger partial charge on any atom is -0.495 e. The van der Waals surface area contributed by atoms with Gasteiger partial charge in [0.15, 0.2) is 5.82 Å². The molecule has 98 valence electrons. The molecular formula is C12H17N3O2S. The quantitative estimate of drug-likeness (QED) is 0.925. The topological polar surface area (TPSA) is 74.2 Å². The highest BCUT2D eigenvalue weighted by Crippen LogP contribution is 2.36. The second kappa shape index (κ2) is 4.70. The molecule has 0 aromatic carbocycles. The molecule has 18 heavy (non-hydrogen) atoms. The Bertz CT molecular complexity index is 527. The summed E-state index contributed by atoms with van der Waals surface area (Å²) in [5, 5.41) is 5.87. The molecule has 0 amide bonds. The number of nitrogens with zero attached hydrogens (tertiary/aromatic N) is 2. The molecule has 1 atom stereocenters. The summed E-state index contributed by atoms with van der Waals surface area (Å²) < 4.78 is 10.5. The zero-order valence-electron chi connectivity index (χ0n) is 10.9. The van der Waals surface area contributed by atoms with Gasteiger partial charge < -0.3 is 15.0 Å². The van der Waals surface area contributed by atoms with E-state index in [1.54, 1.807) is 7.11 Å². The maximum Gasteiger partial charge on any atom is 0.271 e. The van der Waals surface area contributed by atoms with Crippen LogP contribution < -0.4 is 10.5 Å². The van der Waals surface area contributed by atoms with Crippen LogP contribution in [0, 0.1) is 5.41 Å². The zero-order chi connectivity index (χ0) is 13.3. The van der Waals surface area contributed by atoms with Crippen LogP contribution in [0.2, 0.25) is 0 Å². The van der Waals surface area contributed by atoms with Crippen LogP contribution in [0.5, 0.6) is 5.75 Å². The third kappa shape index (κ3) is 2.39. The van der Waals surface area contributed by atoms with Crippen LogP contribution in [0.3, 0.4) is 0 Å². The number of ether oxygens (including phenoxy) is 1. The number of methoxy groups -OCH3 is 1. The molecule has 2 rings (SSSR count). The molecule has 6 heteroatoms. The van der Waals surface area contributed by atoms with Gasteiger partial charge in [0.1, 0.15) is 10.6 Å². The molecule has 2 heterocycles. The lowest BCUT2D eigenvalue weighted by atomic mass is 9.87. The van der Waals surface area contributed by atoms with Crippen LogP contribution in [-0.2, 0) is 0 Å². The van der Waals surface area contributed by atoms with E-state index in [2.05, 4.69) is 10.1 Å². The number of thiophene rings is 1. The van der Waals surface area contributed by atoms with Gasteiger partial charge in [-0.15, -0.1) is 11.3 Å². The normalized spacial score (nSPS) is 13.6. The largest absolute Gasteiger partial charge is 0.495 e. The monoisotopic (exact) mass is 267 g/mol. The van der Waals surface area contributed by atoms with Gasteiger partial charge in [0.25, 0.3) is 5.89 Å². The summed E-state index contributed by atoms with van der Waals surface area (Å²) in [6.45, 7) is 6.12. The maximum absolute atomic E-state index is 6.10. The number of hydrogen-bond donors (Lipinski definition) is 1. The molecule has 0 saturated carbocycles. The first-order chi connectivity index (χ1) is 8.43. The molecule has 0 aliphatic carbocycles. The van der Waals surface area contributed by atoms with Crippen molar-refractivity contribution in [3.05, 3.63) is 17.3 Å². The van der Waals surface area contributed by atoms with Crippen LogP contribution in [0.25, 0.3) is 10.8 Å². The van der Waals surface area contributed by atoms with Gasteiger partial charge in [-0.1, -0.05) is 25.9 Å². The van der Waals surface area contributed by atoms with E-state index in [1.165, 1.54) is 11.3 Å². The number of nitrogens with two attached hydrogens (primary N) is 1. The fraction of sp³-hybridized carbons (Fsp3) is 0.500. The highest BCUT2D eigenvalue weighted by Gasteiger charge is 2.27. The molecule has 5 nitrogen and oxygen atoms in total. The SMILES string of the molecule is COc1ccsc1-c1nc(C(N)C(C)(C)C)no1. The number of aromatic nitrogens is 2. The van der Waals surface area contributed by atoms with E-state index in [-0.39, 0.29) is 11.5 Å². The van der Waals surface area contributed by atoms with Crippen molar-refractivity contribution in [2.24, 2.45) is 11.1 Å². The third-order valence-electron chi connectivity index (χ3n) is 2.70. The van der Waals surface area contributed by atoms with Gasteiger partial charge in [0.2, 0.25) is 0 Å². The van der Waals surface area contributed by atoms with Crippen LogP contribution in [-0.4, -0.2) is 17.3 Å². The highest BCUT2D eigenvalue weighted by molar-refractivity contribution is 7.13.